The monoisotopic (exact) mass is 466 g/mol. The van der Waals surface area contributed by atoms with E-state index in [1.807, 2.05) is 32.9 Å². The van der Waals surface area contributed by atoms with E-state index < -0.39 is 10.0 Å². The largest absolute Gasteiger partial charge is 0.373 e. The lowest BCUT2D eigenvalue weighted by Gasteiger charge is -2.34. The maximum atomic E-state index is 13.0. The van der Waals surface area contributed by atoms with E-state index in [-0.39, 0.29) is 28.6 Å². The van der Waals surface area contributed by atoms with Crippen LogP contribution >= 0.6 is 15.9 Å². The van der Waals surface area contributed by atoms with Crippen LogP contribution in [0.1, 0.15) is 29.8 Å². The Kier molecular flexibility index (Phi) is 6.24. The van der Waals surface area contributed by atoms with Crippen molar-refractivity contribution in [1.29, 1.82) is 0 Å². The highest BCUT2D eigenvalue weighted by Crippen LogP contribution is 2.23. The zero-order valence-electron chi connectivity index (χ0n) is 16.0. The summed E-state index contributed by atoms with van der Waals surface area (Å²) in [7, 11) is -3.70. The Labute approximate surface area is 174 Å². The summed E-state index contributed by atoms with van der Waals surface area (Å²) < 4.78 is 34.0. The molecule has 3 rings (SSSR count). The summed E-state index contributed by atoms with van der Waals surface area (Å²) >= 11 is 3.43. The first kappa shape index (κ1) is 21.0. The van der Waals surface area contributed by atoms with Gasteiger partial charge in [0.2, 0.25) is 10.0 Å². The minimum atomic E-state index is -3.70. The van der Waals surface area contributed by atoms with E-state index >= 15 is 0 Å². The average Bonchev–Trinajstić information content (AvgIpc) is 2.64. The van der Waals surface area contributed by atoms with E-state index in [1.165, 1.54) is 16.4 Å². The number of anilines is 1. The van der Waals surface area contributed by atoms with Crippen molar-refractivity contribution in [2.24, 2.45) is 0 Å². The summed E-state index contributed by atoms with van der Waals surface area (Å²) in [5.74, 6) is -0.359. The van der Waals surface area contributed by atoms with Crippen LogP contribution in [0.25, 0.3) is 0 Å². The first-order chi connectivity index (χ1) is 13.2. The zero-order chi connectivity index (χ0) is 20.5. The number of aryl methyl sites for hydroxylation is 1. The highest BCUT2D eigenvalue weighted by molar-refractivity contribution is 9.10. The molecule has 8 heteroatoms. The average molecular weight is 467 g/mol. The molecule has 2 aromatic carbocycles. The Hall–Kier alpha value is -1.74. The fourth-order valence-electron chi connectivity index (χ4n) is 3.20. The summed E-state index contributed by atoms with van der Waals surface area (Å²) in [6.45, 7) is 6.21. The first-order valence-electron chi connectivity index (χ1n) is 9.00. The summed E-state index contributed by atoms with van der Waals surface area (Å²) in [4.78, 5) is 12.7. The van der Waals surface area contributed by atoms with Gasteiger partial charge in [0.25, 0.3) is 5.91 Å². The number of carbonyl (C=O) groups is 1. The number of carbonyl (C=O) groups excluding carboxylic acids is 1. The molecule has 1 amide bonds. The van der Waals surface area contributed by atoms with Gasteiger partial charge in [-0.15, -0.1) is 0 Å². The van der Waals surface area contributed by atoms with Crippen LogP contribution in [-0.4, -0.2) is 43.9 Å². The molecular weight excluding hydrogens is 444 g/mol. The highest BCUT2D eigenvalue weighted by Gasteiger charge is 2.32. The van der Waals surface area contributed by atoms with E-state index in [4.69, 9.17) is 4.74 Å². The third-order valence-corrected chi connectivity index (χ3v) is 7.25. The molecule has 0 aliphatic carbocycles. The van der Waals surface area contributed by atoms with Gasteiger partial charge in [-0.1, -0.05) is 22.0 Å². The van der Waals surface area contributed by atoms with Gasteiger partial charge in [0.1, 0.15) is 0 Å². The number of hydrogen-bond donors (Lipinski definition) is 1. The van der Waals surface area contributed by atoms with E-state index in [0.717, 1.165) is 10.0 Å². The number of sulfonamides is 1. The second-order valence-corrected chi connectivity index (χ2v) is 9.82. The maximum absolute atomic E-state index is 13.0. The third-order valence-electron chi connectivity index (χ3n) is 4.54. The van der Waals surface area contributed by atoms with Gasteiger partial charge in [-0.05, 0) is 62.7 Å². The standard InChI is InChI=1S/C20H23BrN2O4S/c1-13-9-17(7-8-19(13)21)22-20(24)16-5-4-6-18(10-16)28(25,26)23-11-14(2)27-15(3)12-23/h4-10,14-15H,11-12H2,1-3H3,(H,22,24). The lowest BCUT2D eigenvalue weighted by atomic mass is 10.2. The van der Waals surface area contributed by atoms with Gasteiger partial charge in [0.15, 0.2) is 0 Å². The molecule has 1 aliphatic heterocycles. The number of morpholine rings is 1. The Morgan fingerprint density at radius 2 is 1.82 bits per heavy atom. The molecular formula is C20H23BrN2O4S. The number of hydrogen-bond acceptors (Lipinski definition) is 4. The second-order valence-electron chi connectivity index (χ2n) is 7.03. The van der Waals surface area contributed by atoms with Gasteiger partial charge in [-0.2, -0.15) is 4.31 Å². The van der Waals surface area contributed by atoms with E-state index in [1.54, 1.807) is 18.2 Å². The SMILES string of the molecule is Cc1cc(NC(=O)c2cccc(S(=O)(=O)N3CC(C)OC(C)C3)c2)ccc1Br. The quantitative estimate of drug-likeness (QED) is 0.742. The lowest BCUT2D eigenvalue weighted by Crippen LogP contribution is -2.48. The van der Waals surface area contributed by atoms with E-state index in [2.05, 4.69) is 21.2 Å². The van der Waals surface area contributed by atoms with Crippen molar-refractivity contribution in [1.82, 2.24) is 4.31 Å². The number of amides is 1. The predicted molar refractivity (Wildman–Crippen MR) is 112 cm³/mol. The summed E-state index contributed by atoms with van der Waals surface area (Å²) in [6.07, 6.45) is -0.351. The Bertz CT molecular complexity index is 983. The molecule has 1 saturated heterocycles. The number of benzene rings is 2. The van der Waals surface area contributed by atoms with Crippen LogP contribution < -0.4 is 5.32 Å². The van der Waals surface area contributed by atoms with Gasteiger partial charge in [-0.3, -0.25) is 4.79 Å². The molecule has 6 nitrogen and oxygen atoms in total. The van der Waals surface area contributed by atoms with Crippen molar-refractivity contribution in [3.63, 3.8) is 0 Å². The third kappa shape index (κ3) is 4.63. The summed E-state index contributed by atoms with van der Waals surface area (Å²) in [5, 5.41) is 2.81. The van der Waals surface area contributed by atoms with E-state index in [9.17, 15) is 13.2 Å². The van der Waals surface area contributed by atoms with Crippen LogP contribution in [-0.2, 0) is 14.8 Å². The smallest absolute Gasteiger partial charge is 0.255 e. The van der Waals surface area contributed by atoms with Gasteiger partial charge in [0, 0.05) is 28.8 Å². The van der Waals surface area contributed by atoms with Crippen molar-refractivity contribution < 1.29 is 17.9 Å². The molecule has 2 atom stereocenters. The van der Waals surface area contributed by atoms with Gasteiger partial charge < -0.3 is 10.1 Å². The zero-order valence-corrected chi connectivity index (χ0v) is 18.4. The molecule has 2 aromatic rings. The van der Waals surface area contributed by atoms with Crippen molar-refractivity contribution in [3.8, 4) is 0 Å². The van der Waals surface area contributed by atoms with Gasteiger partial charge in [-0.25, -0.2) is 8.42 Å². The molecule has 28 heavy (non-hydrogen) atoms. The molecule has 2 unspecified atom stereocenters. The van der Waals surface area contributed by atoms with Crippen LogP contribution in [0, 0.1) is 6.92 Å². The number of nitrogens with one attached hydrogen (secondary N) is 1. The minimum Gasteiger partial charge on any atom is -0.373 e. The normalized spacial score (nSPS) is 20.7. The number of ether oxygens (including phenoxy) is 1. The Morgan fingerprint density at radius 1 is 1.14 bits per heavy atom. The van der Waals surface area contributed by atoms with Crippen molar-refractivity contribution in [3.05, 3.63) is 58.1 Å². The topological polar surface area (TPSA) is 75.7 Å². The number of rotatable bonds is 4. The molecule has 1 heterocycles. The molecule has 0 radical (unpaired) electrons. The maximum Gasteiger partial charge on any atom is 0.255 e. The van der Waals surface area contributed by atoms with Crippen LogP contribution in [0.15, 0.2) is 51.8 Å². The lowest BCUT2D eigenvalue weighted by molar-refractivity contribution is -0.0440. The van der Waals surface area contributed by atoms with Gasteiger partial charge >= 0.3 is 0 Å². The fraction of sp³-hybridized carbons (Fsp3) is 0.350. The second kappa shape index (κ2) is 8.32. The van der Waals surface area contributed by atoms with E-state index in [0.29, 0.717) is 18.8 Å². The molecule has 0 spiro atoms. The van der Waals surface area contributed by atoms with Crippen LogP contribution in [0.3, 0.4) is 0 Å². The fourth-order valence-corrected chi connectivity index (χ4v) is 5.08. The molecule has 1 N–H and O–H groups in total. The Morgan fingerprint density at radius 3 is 2.46 bits per heavy atom. The number of halogens is 1. The van der Waals surface area contributed by atoms with Gasteiger partial charge in [0.05, 0.1) is 17.1 Å². The molecule has 150 valence electrons. The molecule has 0 bridgehead atoms. The number of nitrogens with zero attached hydrogens (tertiary/aromatic N) is 1. The minimum absolute atomic E-state index is 0.105. The first-order valence-corrected chi connectivity index (χ1v) is 11.2. The highest BCUT2D eigenvalue weighted by atomic mass is 79.9. The summed E-state index contributed by atoms with van der Waals surface area (Å²) in [5.41, 5.74) is 1.93. The van der Waals surface area contributed by atoms with Crippen molar-refractivity contribution in [2.75, 3.05) is 18.4 Å². The molecule has 1 aliphatic rings. The Balaban J connectivity index is 1.83. The van der Waals surface area contributed by atoms with Crippen LogP contribution in [0.4, 0.5) is 5.69 Å². The van der Waals surface area contributed by atoms with Crippen molar-refractivity contribution in [2.45, 2.75) is 37.9 Å². The molecule has 1 fully saturated rings. The van der Waals surface area contributed by atoms with Crippen molar-refractivity contribution >= 4 is 37.5 Å². The van der Waals surface area contributed by atoms with Crippen LogP contribution in [0.5, 0.6) is 0 Å². The van der Waals surface area contributed by atoms with Crippen LogP contribution in [0.2, 0.25) is 0 Å². The summed E-state index contributed by atoms with van der Waals surface area (Å²) in [6, 6.07) is 11.6. The molecule has 0 saturated carbocycles. The predicted octanol–water partition coefficient (Wildman–Crippen LogP) is 3.81. The molecule has 0 aromatic heterocycles.